The summed E-state index contributed by atoms with van der Waals surface area (Å²) in [5, 5.41) is 7.99. The molecule has 0 unspecified atom stereocenters. The van der Waals surface area contributed by atoms with Crippen LogP contribution in [-0.4, -0.2) is 36.0 Å². The maximum absolute atomic E-state index is 13.4. The van der Waals surface area contributed by atoms with Crippen LogP contribution in [-0.2, 0) is 6.54 Å². The van der Waals surface area contributed by atoms with Gasteiger partial charge in [-0.1, -0.05) is 54.1 Å². The minimum absolute atomic E-state index is 0.337. The number of nitrogens with one attached hydrogen (secondary N) is 1. The minimum Gasteiger partial charge on any atom is -0.497 e. The summed E-state index contributed by atoms with van der Waals surface area (Å²) in [5.41, 5.74) is 3.23. The first-order valence-electron chi connectivity index (χ1n) is 10.8. The summed E-state index contributed by atoms with van der Waals surface area (Å²) in [4.78, 5) is 13.4. The van der Waals surface area contributed by atoms with Crippen molar-refractivity contribution in [2.24, 2.45) is 0 Å². The van der Waals surface area contributed by atoms with Crippen molar-refractivity contribution in [2.45, 2.75) is 6.54 Å². The molecule has 34 heavy (non-hydrogen) atoms. The summed E-state index contributed by atoms with van der Waals surface area (Å²) >= 11 is 6.41. The van der Waals surface area contributed by atoms with Crippen LogP contribution in [0.25, 0.3) is 11.3 Å². The molecule has 4 aromatic rings. The second-order valence-corrected chi connectivity index (χ2v) is 8.14. The number of ether oxygens (including phenoxy) is 3. The van der Waals surface area contributed by atoms with E-state index in [9.17, 15) is 4.79 Å². The Labute approximate surface area is 201 Å². The highest BCUT2D eigenvalue weighted by molar-refractivity contribution is 6.34. The molecule has 8 heteroatoms. The van der Waals surface area contributed by atoms with Gasteiger partial charge in [-0.25, -0.2) is 0 Å². The van der Waals surface area contributed by atoms with Crippen LogP contribution in [0, 0.1) is 0 Å². The Hall–Kier alpha value is -3.97. The van der Waals surface area contributed by atoms with Gasteiger partial charge in [-0.2, -0.15) is 5.10 Å². The van der Waals surface area contributed by atoms with Crippen molar-refractivity contribution in [1.29, 1.82) is 0 Å². The van der Waals surface area contributed by atoms with Crippen molar-refractivity contribution in [3.05, 3.63) is 89.1 Å². The molecule has 2 heterocycles. The molecule has 7 nitrogen and oxygen atoms in total. The highest BCUT2D eigenvalue weighted by atomic mass is 35.5. The van der Waals surface area contributed by atoms with E-state index in [2.05, 4.69) is 5.32 Å². The van der Waals surface area contributed by atoms with Crippen LogP contribution in [0.15, 0.2) is 72.9 Å². The van der Waals surface area contributed by atoms with E-state index in [0.29, 0.717) is 59.0 Å². The molecule has 1 aromatic heterocycles. The first-order chi connectivity index (χ1) is 16.6. The number of methoxy groups -OCH3 is 1. The van der Waals surface area contributed by atoms with Crippen molar-refractivity contribution < 1.29 is 19.0 Å². The van der Waals surface area contributed by atoms with Crippen LogP contribution < -0.4 is 19.5 Å². The van der Waals surface area contributed by atoms with Gasteiger partial charge < -0.3 is 19.5 Å². The van der Waals surface area contributed by atoms with Gasteiger partial charge in [0.15, 0.2) is 11.5 Å². The summed E-state index contributed by atoms with van der Waals surface area (Å²) in [6, 6.07) is 20.7. The fourth-order valence-electron chi connectivity index (χ4n) is 3.77. The van der Waals surface area contributed by atoms with E-state index in [0.717, 1.165) is 11.1 Å². The highest BCUT2D eigenvalue weighted by Gasteiger charge is 2.21. The fraction of sp³-hybridized carbons (Fsp3) is 0.154. The van der Waals surface area contributed by atoms with Gasteiger partial charge in [-0.05, 0) is 17.7 Å². The number of carbonyl (C=O) groups is 1. The molecular weight excluding hydrogens is 454 g/mol. The molecule has 0 aliphatic carbocycles. The lowest BCUT2D eigenvalue weighted by Crippen LogP contribution is -2.17. The molecule has 1 amide bonds. The zero-order valence-corrected chi connectivity index (χ0v) is 19.2. The Morgan fingerprint density at radius 3 is 2.59 bits per heavy atom. The standard InChI is InChI=1S/C26H22ClN3O4/c1-32-19-9-5-8-18(12-19)25-20(16-30(29-25)15-17-6-3-2-4-7-17)26(31)28-22-14-24-23(13-21(22)27)33-10-11-34-24/h2-9,12-14,16H,10-11,15H2,1H3,(H,28,31). The molecule has 1 aliphatic rings. The Morgan fingerprint density at radius 1 is 1.06 bits per heavy atom. The number of nitrogens with zero attached hydrogens (tertiary/aromatic N) is 2. The van der Waals surface area contributed by atoms with Gasteiger partial charge in [0, 0.05) is 23.9 Å². The van der Waals surface area contributed by atoms with Crippen molar-refractivity contribution >= 4 is 23.2 Å². The van der Waals surface area contributed by atoms with E-state index < -0.39 is 0 Å². The second-order valence-electron chi connectivity index (χ2n) is 7.74. The number of hydrogen-bond donors (Lipinski definition) is 1. The highest BCUT2D eigenvalue weighted by Crippen LogP contribution is 2.38. The zero-order valence-electron chi connectivity index (χ0n) is 18.5. The summed E-state index contributed by atoms with van der Waals surface area (Å²) in [6.45, 7) is 1.42. The summed E-state index contributed by atoms with van der Waals surface area (Å²) in [6.07, 6.45) is 1.74. The summed E-state index contributed by atoms with van der Waals surface area (Å²) in [5.74, 6) is 1.44. The largest absolute Gasteiger partial charge is 0.497 e. The van der Waals surface area contributed by atoms with Crippen molar-refractivity contribution in [3.8, 4) is 28.5 Å². The Bertz CT molecular complexity index is 1340. The predicted octanol–water partition coefficient (Wildman–Crippen LogP) is 5.28. The molecule has 0 radical (unpaired) electrons. The molecule has 0 spiro atoms. The molecule has 0 saturated heterocycles. The third kappa shape index (κ3) is 4.56. The maximum atomic E-state index is 13.4. The van der Waals surface area contributed by atoms with E-state index >= 15 is 0 Å². The van der Waals surface area contributed by atoms with E-state index in [-0.39, 0.29) is 5.91 Å². The molecule has 1 N–H and O–H groups in total. The van der Waals surface area contributed by atoms with Crippen LogP contribution in [0.1, 0.15) is 15.9 Å². The summed E-state index contributed by atoms with van der Waals surface area (Å²) < 4.78 is 18.3. The Balaban J connectivity index is 1.50. The van der Waals surface area contributed by atoms with E-state index in [4.69, 9.17) is 30.9 Å². The van der Waals surface area contributed by atoms with Gasteiger partial charge in [0.05, 0.1) is 29.9 Å². The van der Waals surface area contributed by atoms with E-state index in [1.165, 1.54) is 0 Å². The van der Waals surface area contributed by atoms with Crippen LogP contribution in [0.5, 0.6) is 17.2 Å². The average molecular weight is 476 g/mol. The molecule has 0 atom stereocenters. The topological polar surface area (TPSA) is 74.6 Å². The molecule has 5 rings (SSSR count). The van der Waals surface area contributed by atoms with Crippen molar-refractivity contribution in [3.63, 3.8) is 0 Å². The van der Waals surface area contributed by atoms with Gasteiger partial charge in [0.2, 0.25) is 0 Å². The molecule has 3 aromatic carbocycles. The normalized spacial score (nSPS) is 12.3. The van der Waals surface area contributed by atoms with Crippen molar-refractivity contribution in [2.75, 3.05) is 25.6 Å². The number of hydrogen-bond acceptors (Lipinski definition) is 5. The number of carbonyl (C=O) groups excluding carboxylic acids is 1. The van der Waals surface area contributed by atoms with Gasteiger partial charge >= 0.3 is 0 Å². The van der Waals surface area contributed by atoms with Crippen LogP contribution >= 0.6 is 11.6 Å². The number of benzene rings is 3. The van der Waals surface area contributed by atoms with Gasteiger partial charge in [-0.15, -0.1) is 0 Å². The van der Waals surface area contributed by atoms with E-state index in [1.54, 1.807) is 30.1 Å². The minimum atomic E-state index is -0.337. The molecular formula is C26H22ClN3O4. The number of halogens is 1. The molecule has 1 aliphatic heterocycles. The predicted molar refractivity (Wildman–Crippen MR) is 130 cm³/mol. The Kier molecular flexibility index (Phi) is 6.10. The molecule has 0 saturated carbocycles. The fourth-order valence-corrected chi connectivity index (χ4v) is 3.97. The number of rotatable bonds is 6. The van der Waals surface area contributed by atoms with Gasteiger partial charge in [0.1, 0.15) is 24.7 Å². The average Bonchev–Trinajstić information content (AvgIpc) is 3.29. The van der Waals surface area contributed by atoms with Crippen LogP contribution in [0.4, 0.5) is 5.69 Å². The first kappa shape index (κ1) is 21.9. The molecule has 0 fully saturated rings. The van der Waals surface area contributed by atoms with Crippen molar-refractivity contribution in [1.82, 2.24) is 9.78 Å². The number of aromatic nitrogens is 2. The maximum Gasteiger partial charge on any atom is 0.259 e. The lowest BCUT2D eigenvalue weighted by molar-refractivity contribution is 0.102. The van der Waals surface area contributed by atoms with Crippen LogP contribution in [0.3, 0.4) is 0 Å². The first-order valence-corrected chi connectivity index (χ1v) is 11.1. The third-order valence-electron chi connectivity index (χ3n) is 5.42. The van der Waals surface area contributed by atoms with Crippen LogP contribution in [0.2, 0.25) is 5.02 Å². The lowest BCUT2D eigenvalue weighted by Gasteiger charge is -2.20. The number of fused-ring (bicyclic) bond motifs is 1. The third-order valence-corrected chi connectivity index (χ3v) is 5.73. The zero-order chi connectivity index (χ0) is 23.5. The van der Waals surface area contributed by atoms with E-state index in [1.807, 2.05) is 54.6 Å². The number of amides is 1. The summed E-state index contributed by atoms with van der Waals surface area (Å²) in [7, 11) is 1.60. The number of anilines is 1. The van der Waals surface area contributed by atoms with Gasteiger partial charge in [0.25, 0.3) is 5.91 Å². The smallest absolute Gasteiger partial charge is 0.259 e. The second kappa shape index (κ2) is 9.49. The molecule has 0 bridgehead atoms. The monoisotopic (exact) mass is 475 g/mol. The van der Waals surface area contributed by atoms with Gasteiger partial charge in [-0.3, -0.25) is 9.48 Å². The molecule has 172 valence electrons. The quantitative estimate of drug-likeness (QED) is 0.410. The Morgan fingerprint density at radius 2 is 1.82 bits per heavy atom. The SMILES string of the molecule is COc1cccc(-c2nn(Cc3ccccc3)cc2C(=O)Nc2cc3c(cc2Cl)OCCO3)c1. The lowest BCUT2D eigenvalue weighted by atomic mass is 10.1.